The van der Waals surface area contributed by atoms with E-state index in [9.17, 15) is 9.59 Å². The Balaban J connectivity index is 1.83. The van der Waals surface area contributed by atoms with Crippen molar-refractivity contribution in [2.75, 3.05) is 11.9 Å². The van der Waals surface area contributed by atoms with E-state index in [1.54, 1.807) is 29.0 Å². The van der Waals surface area contributed by atoms with Gasteiger partial charge in [0.25, 0.3) is 11.8 Å². The predicted molar refractivity (Wildman–Crippen MR) is 115 cm³/mol. The normalized spacial score (nSPS) is 10.6. The Morgan fingerprint density at radius 1 is 0.897 bits per heavy atom. The number of hydrogen-bond acceptors (Lipinski definition) is 3. The third-order valence-electron chi connectivity index (χ3n) is 4.75. The Morgan fingerprint density at radius 2 is 1.52 bits per heavy atom. The summed E-state index contributed by atoms with van der Waals surface area (Å²) in [4.78, 5) is 33.6. The van der Waals surface area contributed by atoms with Crippen molar-refractivity contribution in [3.63, 3.8) is 0 Å². The number of carbonyl (C=O) groups is 2. The van der Waals surface area contributed by atoms with E-state index in [1.165, 1.54) is 6.20 Å². The summed E-state index contributed by atoms with van der Waals surface area (Å²) < 4.78 is 0. The van der Waals surface area contributed by atoms with E-state index in [-0.39, 0.29) is 23.6 Å². The molecule has 0 aliphatic heterocycles. The van der Waals surface area contributed by atoms with Gasteiger partial charge in [-0.25, -0.2) is 0 Å². The molecule has 0 saturated carbocycles. The molecule has 29 heavy (non-hydrogen) atoms. The number of benzene rings is 2. The fourth-order valence-corrected chi connectivity index (χ4v) is 3.06. The van der Waals surface area contributed by atoms with Crippen LogP contribution in [0.1, 0.15) is 40.3 Å². The Labute approximate surface area is 171 Å². The molecule has 148 valence electrons. The molecule has 0 bridgehead atoms. The molecule has 0 radical (unpaired) electrons. The van der Waals surface area contributed by atoms with E-state index in [1.807, 2.05) is 74.5 Å². The summed E-state index contributed by atoms with van der Waals surface area (Å²) in [7, 11) is 1.72. The first-order chi connectivity index (χ1) is 14.0. The highest BCUT2D eigenvalue weighted by Gasteiger charge is 2.22. The standard InChI is InChI=1S/C24H25N3O2/c1-18(2)27(17-19-10-6-4-7-11-19)24(29)22-16-20(14-15-25-22)23(28)26(3)21-12-8-5-9-13-21/h4-16,18H,17H2,1-3H3. The van der Waals surface area contributed by atoms with Crippen LogP contribution >= 0.6 is 0 Å². The maximum atomic E-state index is 13.1. The quantitative estimate of drug-likeness (QED) is 0.630. The van der Waals surface area contributed by atoms with Gasteiger partial charge in [0.05, 0.1) is 0 Å². The van der Waals surface area contributed by atoms with Crippen LogP contribution in [0.4, 0.5) is 5.69 Å². The van der Waals surface area contributed by atoms with Crippen LogP contribution in [0, 0.1) is 0 Å². The van der Waals surface area contributed by atoms with Gasteiger partial charge in [-0.05, 0) is 43.7 Å². The minimum atomic E-state index is -0.194. The maximum absolute atomic E-state index is 13.1. The molecule has 0 aliphatic rings. The lowest BCUT2D eigenvalue weighted by molar-refractivity contribution is 0.0684. The van der Waals surface area contributed by atoms with Crippen molar-refractivity contribution in [3.05, 3.63) is 95.8 Å². The molecule has 1 aromatic heterocycles. The number of aromatic nitrogens is 1. The van der Waals surface area contributed by atoms with E-state index in [2.05, 4.69) is 4.98 Å². The molecule has 0 fully saturated rings. The Kier molecular flexibility index (Phi) is 6.39. The van der Waals surface area contributed by atoms with Crippen molar-refractivity contribution < 1.29 is 9.59 Å². The molecule has 0 unspecified atom stereocenters. The van der Waals surface area contributed by atoms with Crippen molar-refractivity contribution in [1.29, 1.82) is 0 Å². The van der Waals surface area contributed by atoms with Crippen LogP contribution in [0.15, 0.2) is 79.0 Å². The molecule has 0 N–H and O–H groups in total. The van der Waals surface area contributed by atoms with E-state index in [0.717, 1.165) is 11.3 Å². The van der Waals surface area contributed by atoms with Crippen LogP contribution in [0.3, 0.4) is 0 Å². The van der Waals surface area contributed by atoms with Gasteiger partial charge in [0.1, 0.15) is 5.69 Å². The smallest absolute Gasteiger partial charge is 0.272 e. The van der Waals surface area contributed by atoms with Crippen LogP contribution in [0.2, 0.25) is 0 Å². The minimum absolute atomic E-state index is 0.00384. The van der Waals surface area contributed by atoms with Crippen LogP contribution in [0.5, 0.6) is 0 Å². The average molecular weight is 387 g/mol. The number of nitrogens with zero attached hydrogens (tertiary/aromatic N) is 3. The van der Waals surface area contributed by atoms with E-state index in [4.69, 9.17) is 0 Å². The lowest BCUT2D eigenvalue weighted by Gasteiger charge is -2.27. The molecule has 2 amide bonds. The van der Waals surface area contributed by atoms with Crippen molar-refractivity contribution in [2.24, 2.45) is 0 Å². The van der Waals surface area contributed by atoms with Crippen molar-refractivity contribution in [1.82, 2.24) is 9.88 Å². The van der Waals surface area contributed by atoms with E-state index < -0.39 is 0 Å². The highest BCUT2D eigenvalue weighted by atomic mass is 16.2. The molecule has 5 nitrogen and oxygen atoms in total. The van der Waals surface area contributed by atoms with Crippen LogP contribution in [-0.2, 0) is 6.54 Å². The van der Waals surface area contributed by atoms with Crippen molar-refractivity contribution >= 4 is 17.5 Å². The third-order valence-corrected chi connectivity index (χ3v) is 4.75. The van der Waals surface area contributed by atoms with Gasteiger partial charge in [0.15, 0.2) is 0 Å². The molecule has 3 rings (SSSR count). The number of rotatable bonds is 6. The Hall–Kier alpha value is -3.47. The molecule has 3 aromatic rings. The first-order valence-electron chi connectivity index (χ1n) is 9.61. The maximum Gasteiger partial charge on any atom is 0.272 e. The SMILES string of the molecule is CC(C)N(Cc1ccccc1)C(=O)c1cc(C(=O)N(C)c2ccccc2)ccn1. The van der Waals surface area contributed by atoms with Gasteiger partial charge in [-0.15, -0.1) is 0 Å². The molecule has 2 aromatic carbocycles. The number of anilines is 1. The zero-order valence-corrected chi connectivity index (χ0v) is 16.9. The highest BCUT2D eigenvalue weighted by Crippen LogP contribution is 2.17. The first kappa shape index (κ1) is 20.3. The molecule has 5 heteroatoms. The van der Waals surface area contributed by atoms with Gasteiger partial charge < -0.3 is 9.80 Å². The molecule has 0 saturated heterocycles. The fourth-order valence-electron chi connectivity index (χ4n) is 3.06. The molecule has 0 aliphatic carbocycles. The number of amides is 2. The monoisotopic (exact) mass is 387 g/mol. The first-order valence-corrected chi connectivity index (χ1v) is 9.61. The van der Waals surface area contributed by atoms with Gasteiger partial charge in [-0.2, -0.15) is 0 Å². The molecule has 1 heterocycles. The van der Waals surface area contributed by atoms with Crippen LogP contribution in [0.25, 0.3) is 0 Å². The molecule has 0 spiro atoms. The van der Waals surface area contributed by atoms with Crippen molar-refractivity contribution in [2.45, 2.75) is 26.4 Å². The lowest BCUT2D eigenvalue weighted by Crippen LogP contribution is -2.37. The van der Waals surface area contributed by atoms with Gasteiger partial charge in [-0.1, -0.05) is 48.5 Å². The largest absolute Gasteiger partial charge is 0.331 e. The summed E-state index contributed by atoms with van der Waals surface area (Å²) >= 11 is 0. The average Bonchev–Trinajstić information content (AvgIpc) is 2.77. The van der Waals surface area contributed by atoms with Crippen molar-refractivity contribution in [3.8, 4) is 0 Å². The summed E-state index contributed by atoms with van der Waals surface area (Å²) in [6.07, 6.45) is 1.51. The number of para-hydroxylation sites is 1. The highest BCUT2D eigenvalue weighted by molar-refractivity contribution is 6.07. The molecule has 0 atom stereocenters. The second-order valence-electron chi connectivity index (χ2n) is 7.14. The van der Waals surface area contributed by atoms with Crippen LogP contribution < -0.4 is 4.90 Å². The second-order valence-corrected chi connectivity index (χ2v) is 7.14. The van der Waals surface area contributed by atoms with Gasteiger partial charge in [0, 0.05) is 37.1 Å². The number of pyridine rings is 1. The van der Waals surface area contributed by atoms with E-state index in [0.29, 0.717) is 12.1 Å². The summed E-state index contributed by atoms with van der Waals surface area (Å²) in [5, 5.41) is 0. The van der Waals surface area contributed by atoms with Gasteiger partial charge in [-0.3, -0.25) is 14.6 Å². The van der Waals surface area contributed by atoms with Gasteiger partial charge in [0.2, 0.25) is 0 Å². The zero-order chi connectivity index (χ0) is 20.8. The molecular formula is C24H25N3O2. The minimum Gasteiger partial charge on any atom is -0.331 e. The topological polar surface area (TPSA) is 53.5 Å². The number of carbonyl (C=O) groups excluding carboxylic acids is 2. The molecular weight excluding hydrogens is 362 g/mol. The second kappa shape index (κ2) is 9.15. The predicted octanol–water partition coefficient (Wildman–Crippen LogP) is 4.41. The summed E-state index contributed by atoms with van der Waals surface area (Å²) in [5.74, 6) is -0.382. The van der Waals surface area contributed by atoms with E-state index >= 15 is 0 Å². The third kappa shape index (κ3) is 4.88. The summed E-state index contributed by atoms with van der Waals surface area (Å²) in [6, 6.07) is 22.4. The Morgan fingerprint density at radius 3 is 2.14 bits per heavy atom. The number of hydrogen-bond donors (Lipinski definition) is 0. The zero-order valence-electron chi connectivity index (χ0n) is 16.9. The summed E-state index contributed by atoms with van der Waals surface area (Å²) in [5.41, 5.74) is 2.53. The van der Waals surface area contributed by atoms with Crippen LogP contribution in [-0.4, -0.2) is 34.8 Å². The lowest BCUT2D eigenvalue weighted by atomic mass is 10.1. The van der Waals surface area contributed by atoms with Gasteiger partial charge >= 0.3 is 0 Å². The fraction of sp³-hybridized carbons (Fsp3) is 0.208. The summed E-state index contributed by atoms with van der Waals surface area (Å²) in [6.45, 7) is 4.43. The Bertz CT molecular complexity index is 972.